The lowest BCUT2D eigenvalue weighted by Crippen LogP contribution is -2.32. The van der Waals surface area contributed by atoms with Crippen LogP contribution in [0.4, 0.5) is 0 Å². The van der Waals surface area contributed by atoms with Crippen molar-refractivity contribution in [2.24, 2.45) is 0 Å². The Balaban J connectivity index is 2.05. The smallest absolute Gasteiger partial charge is 0.191 e. The molecule has 0 aliphatic rings. The van der Waals surface area contributed by atoms with Crippen molar-refractivity contribution in [2.45, 2.75) is 4.87 Å². The number of Topliss-reactive ketones (excluding diaryl/α,β-unsaturated/α-hetero) is 1. The van der Waals surface area contributed by atoms with E-state index in [2.05, 4.69) is 4.98 Å². The third-order valence-electron chi connectivity index (χ3n) is 3.72. The molecule has 1 aromatic heterocycles. The maximum absolute atomic E-state index is 12.9. The molecule has 3 nitrogen and oxygen atoms in total. The van der Waals surface area contributed by atoms with Crippen molar-refractivity contribution < 1.29 is 9.90 Å². The molecule has 0 aliphatic carbocycles. The first kappa shape index (κ1) is 15.8. The zero-order valence-electron chi connectivity index (χ0n) is 12.0. The zero-order chi connectivity index (χ0) is 16.4. The fourth-order valence-corrected chi connectivity index (χ4v) is 2.93. The van der Waals surface area contributed by atoms with Gasteiger partial charge in [-0.05, 0) is 29.8 Å². The highest BCUT2D eigenvalue weighted by atomic mass is 35.5. The van der Waals surface area contributed by atoms with E-state index in [1.807, 2.05) is 24.3 Å². The second-order valence-corrected chi connectivity index (χ2v) is 6.14. The lowest BCUT2D eigenvalue weighted by molar-refractivity contribution is 0.0947. The predicted molar refractivity (Wildman–Crippen MR) is 92.4 cm³/mol. The van der Waals surface area contributed by atoms with Crippen LogP contribution in [0.25, 0.3) is 10.9 Å². The number of halogens is 2. The van der Waals surface area contributed by atoms with E-state index >= 15 is 0 Å². The normalized spacial score (nSPS) is 13.7. The number of fused-ring (bicyclic) bond motifs is 1. The molecular formula is C18H13Cl2NO2. The van der Waals surface area contributed by atoms with Crippen molar-refractivity contribution in [3.05, 3.63) is 71.9 Å². The maximum atomic E-state index is 12.9. The summed E-state index contributed by atoms with van der Waals surface area (Å²) in [6.07, 6.45) is 1.51. The number of pyridine rings is 1. The van der Waals surface area contributed by atoms with Gasteiger partial charge in [0.2, 0.25) is 0 Å². The van der Waals surface area contributed by atoms with Crippen LogP contribution in [-0.4, -0.2) is 21.8 Å². The third-order valence-corrected chi connectivity index (χ3v) is 4.78. The maximum Gasteiger partial charge on any atom is 0.191 e. The molecule has 0 bridgehead atoms. The van der Waals surface area contributed by atoms with E-state index in [9.17, 15) is 9.90 Å². The summed E-state index contributed by atoms with van der Waals surface area (Å²) in [5.74, 6) is -0.314. The number of hydrogen-bond acceptors (Lipinski definition) is 3. The first-order chi connectivity index (χ1) is 11.0. The van der Waals surface area contributed by atoms with Gasteiger partial charge in [-0.2, -0.15) is 0 Å². The summed E-state index contributed by atoms with van der Waals surface area (Å²) in [5.41, 5.74) is 1.73. The lowest BCUT2D eigenvalue weighted by atomic mass is 9.91. The minimum Gasteiger partial charge on any atom is -0.508 e. The summed E-state index contributed by atoms with van der Waals surface area (Å²) in [5, 5.41) is 10.3. The summed E-state index contributed by atoms with van der Waals surface area (Å²) in [6.45, 7) is 0. The first-order valence-corrected chi connectivity index (χ1v) is 7.90. The average Bonchev–Trinajstić information content (AvgIpc) is 2.60. The molecule has 0 saturated heterocycles. The van der Waals surface area contributed by atoms with Crippen LogP contribution in [0.3, 0.4) is 0 Å². The molecule has 0 aliphatic heterocycles. The van der Waals surface area contributed by atoms with E-state index < -0.39 is 4.87 Å². The van der Waals surface area contributed by atoms with Gasteiger partial charge < -0.3 is 5.11 Å². The fraction of sp³-hybridized carbons (Fsp3) is 0.111. The van der Waals surface area contributed by atoms with Crippen LogP contribution in [0.1, 0.15) is 15.9 Å². The van der Waals surface area contributed by atoms with E-state index in [4.69, 9.17) is 23.2 Å². The molecule has 5 heteroatoms. The van der Waals surface area contributed by atoms with E-state index in [-0.39, 0.29) is 17.4 Å². The van der Waals surface area contributed by atoms with Crippen LogP contribution in [0.2, 0.25) is 0 Å². The number of carbonyl (C=O) groups is 1. The number of aromatic hydroxyl groups is 1. The Morgan fingerprint density at radius 2 is 1.83 bits per heavy atom. The number of carbonyl (C=O) groups excluding carboxylic acids is 1. The van der Waals surface area contributed by atoms with Crippen LogP contribution in [0, 0.1) is 0 Å². The topological polar surface area (TPSA) is 50.2 Å². The Morgan fingerprint density at radius 3 is 2.52 bits per heavy atom. The average molecular weight is 346 g/mol. The van der Waals surface area contributed by atoms with Crippen molar-refractivity contribution in [1.29, 1.82) is 0 Å². The Morgan fingerprint density at radius 1 is 1.13 bits per heavy atom. The number of rotatable bonds is 4. The molecule has 3 aromatic rings. The number of phenolic OH excluding ortho intramolecular Hbond substituents is 1. The van der Waals surface area contributed by atoms with Gasteiger partial charge in [0, 0.05) is 17.1 Å². The minimum atomic E-state index is -1.40. The molecule has 1 heterocycles. The van der Waals surface area contributed by atoms with Crippen molar-refractivity contribution in [3.8, 4) is 5.75 Å². The number of phenols is 1. The number of benzene rings is 2. The Hall–Kier alpha value is -2.10. The summed E-state index contributed by atoms with van der Waals surface area (Å²) < 4.78 is 0. The number of ketones is 1. The SMILES string of the molecule is O=C(c1cnc2ccccc2c1)C(Cl)(CCl)c1ccc(O)cc1. The summed E-state index contributed by atoms with van der Waals surface area (Å²) in [4.78, 5) is 15.8. The Bertz CT molecular complexity index is 864. The van der Waals surface area contributed by atoms with Crippen molar-refractivity contribution in [2.75, 3.05) is 5.88 Å². The molecule has 1 unspecified atom stereocenters. The molecule has 0 amide bonds. The molecule has 0 radical (unpaired) electrons. The molecular weight excluding hydrogens is 333 g/mol. The van der Waals surface area contributed by atoms with Crippen molar-refractivity contribution in [1.82, 2.24) is 4.98 Å². The van der Waals surface area contributed by atoms with E-state index in [1.165, 1.54) is 18.3 Å². The summed E-state index contributed by atoms with van der Waals surface area (Å²) >= 11 is 12.6. The molecule has 2 aromatic carbocycles. The summed E-state index contributed by atoms with van der Waals surface area (Å²) in [7, 11) is 0. The first-order valence-electron chi connectivity index (χ1n) is 6.98. The largest absolute Gasteiger partial charge is 0.508 e. The Kier molecular flexibility index (Phi) is 4.24. The van der Waals surface area contributed by atoms with Gasteiger partial charge in [0.1, 0.15) is 10.6 Å². The van der Waals surface area contributed by atoms with Crippen LogP contribution in [-0.2, 0) is 4.87 Å². The van der Waals surface area contributed by atoms with Gasteiger partial charge in [-0.15, -0.1) is 23.2 Å². The van der Waals surface area contributed by atoms with E-state index in [0.717, 1.165) is 10.9 Å². The van der Waals surface area contributed by atoms with Crippen molar-refractivity contribution in [3.63, 3.8) is 0 Å². The lowest BCUT2D eigenvalue weighted by Gasteiger charge is -2.23. The van der Waals surface area contributed by atoms with Crippen LogP contribution >= 0.6 is 23.2 Å². The quantitative estimate of drug-likeness (QED) is 0.559. The highest BCUT2D eigenvalue weighted by molar-refractivity contribution is 6.42. The molecule has 1 atom stereocenters. The molecule has 0 fully saturated rings. The highest BCUT2D eigenvalue weighted by Gasteiger charge is 2.38. The number of aromatic nitrogens is 1. The van der Waals surface area contributed by atoms with Crippen LogP contribution in [0.15, 0.2) is 60.8 Å². The number of hydrogen-bond donors (Lipinski definition) is 1. The number of para-hydroxylation sites is 1. The molecule has 1 N–H and O–H groups in total. The Labute approximate surface area is 143 Å². The number of alkyl halides is 2. The van der Waals surface area contributed by atoms with Gasteiger partial charge in [-0.25, -0.2) is 0 Å². The molecule has 0 saturated carbocycles. The predicted octanol–water partition coefficient (Wildman–Crippen LogP) is 4.50. The van der Waals surface area contributed by atoms with Gasteiger partial charge >= 0.3 is 0 Å². The monoisotopic (exact) mass is 345 g/mol. The van der Waals surface area contributed by atoms with Gasteiger partial charge in [0.05, 0.1) is 11.4 Å². The standard InChI is InChI=1S/C18H13Cl2NO2/c19-11-18(20,14-5-7-15(22)8-6-14)17(23)13-9-12-3-1-2-4-16(12)21-10-13/h1-10,22H,11H2. The third kappa shape index (κ3) is 2.90. The molecule has 0 spiro atoms. The van der Waals surface area contributed by atoms with Gasteiger partial charge in [0.25, 0.3) is 0 Å². The van der Waals surface area contributed by atoms with E-state index in [0.29, 0.717) is 11.1 Å². The molecule has 116 valence electrons. The van der Waals surface area contributed by atoms with E-state index in [1.54, 1.807) is 18.2 Å². The number of nitrogens with zero attached hydrogens (tertiary/aromatic N) is 1. The van der Waals surface area contributed by atoms with Crippen molar-refractivity contribution >= 4 is 39.9 Å². The fourth-order valence-electron chi connectivity index (χ4n) is 2.42. The second kappa shape index (κ2) is 6.19. The van der Waals surface area contributed by atoms with Gasteiger partial charge in [-0.1, -0.05) is 30.3 Å². The molecule has 3 rings (SSSR count). The molecule has 23 heavy (non-hydrogen) atoms. The van der Waals surface area contributed by atoms with Gasteiger partial charge in [0.15, 0.2) is 5.78 Å². The van der Waals surface area contributed by atoms with Crippen LogP contribution in [0.5, 0.6) is 5.75 Å². The zero-order valence-corrected chi connectivity index (χ0v) is 13.6. The second-order valence-electron chi connectivity index (χ2n) is 5.23. The highest BCUT2D eigenvalue weighted by Crippen LogP contribution is 2.35. The van der Waals surface area contributed by atoms with Crippen LogP contribution < -0.4 is 0 Å². The van der Waals surface area contributed by atoms with Gasteiger partial charge in [-0.3, -0.25) is 9.78 Å². The minimum absolute atomic E-state index is 0.0923. The summed E-state index contributed by atoms with van der Waals surface area (Å²) in [6, 6.07) is 15.4.